The van der Waals surface area contributed by atoms with Crippen LogP contribution in [-0.2, 0) is 4.74 Å². The standard InChI is InChI=1S/C5H12N2O2/c6-5(8)7-1-3-9-4-2-7/h5,8H,1-4,6H2. The van der Waals surface area contributed by atoms with Crippen molar-refractivity contribution in [3.63, 3.8) is 0 Å². The Labute approximate surface area is 54.2 Å². The van der Waals surface area contributed by atoms with Crippen LogP contribution in [0.25, 0.3) is 0 Å². The van der Waals surface area contributed by atoms with Gasteiger partial charge in [-0.05, 0) is 0 Å². The molecule has 1 saturated heterocycles. The Balaban J connectivity index is 2.23. The predicted molar refractivity (Wildman–Crippen MR) is 32.6 cm³/mol. The summed E-state index contributed by atoms with van der Waals surface area (Å²) in [5, 5.41) is 8.83. The number of nitrogens with zero attached hydrogens (tertiary/aromatic N) is 1. The molecule has 0 spiro atoms. The summed E-state index contributed by atoms with van der Waals surface area (Å²) in [4.78, 5) is 1.77. The van der Waals surface area contributed by atoms with E-state index in [9.17, 15) is 0 Å². The number of hydrogen-bond acceptors (Lipinski definition) is 4. The smallest absolute Gasteiger partial charge is 0.160 e. The summed E-state index contributed by atoms with van der Waals surface area (Å²) in [6, 6.07) is 0. The lowest BCUT2D eigenvalue weighted by atomic mass is 10.4. The fourth-order valence-corrected chi connectivity index (χ4v) is 0.842. The maximum Gasteiger partial charge on any atom is 0.160 e. The topological polar surface area (TPSA) is 58.7 Å². The van der Waals surface area contributed by atoms with E-state index in [1.54, 1.807) is 4.90 Å². The average molecular weight is 132 g/mol. The molecular weight excluding hydrogens is 120 g/mol. The molecule has 4 heteroatoms. The summed E-state index contributed by atoms with van der Waals surface area (Å²) in [6.07, 6.45) is -0.811. The van der Waals surface area contributed by atoms with Crippen LogP contribution >= 0.6 is 0 Å². The van der Waals surface area contributed by atoms with Gasteiger partial charge >= 0.3 is 0 Å². The van der Waals surface area contributed by atoms with E-state index in [0.717, 1.165) is 13.1 Å². The first-order valence-electron chi connectivity index (χ1n) is 3.06. The lowest BCUT2D eigenvalue weighted by Crippen LogP contribution is -2.47. The van der Waals surface area contributed by atoms with Crippen molar-refractivity contribution < 1.29 is 9.84 Å². The Morgan fingerprint density at radius 1 is 1.44 bits per heavy atom. The van der Waals surface area contributed by atoms with Crippen LogP contribution in [0.1, 0.15) is 0 Å². The minimum Gasteiger partial charge on any atom is -0.379 e. The first kappa shape index (κ1) is 6.95. The molecule has 1 aliphatic rings. The molecule has 1 unspecified atom stereocenters. The highest BCUT2D eigenvalue weighted by atomic mass is 16.5. The molecule has 0 amide bonds. The summed E-state index contributed by atoms with van der Waals surface area (Å²) in [5.74, 6) is 0. The number of ether oxygens (including phenoxy) is 1. The van der Waals surface area contributed by atoms with E-state index in [2.05, 4.69) is 0 Å². The van der Waals surface area contributed by atoms with Crippen LogP contribution in [0.5, 0.6) is 0 Å². The largest absolute Gasteiger partial charge is 0.379 e. The van der Waals surface area contributed by atoms with Gasteiger partial charge in [0.1, 0.15) is 0 Å². The van der Waals surface area contributed by atoms with Crippen molar-refractivity contribution in [1.29, 1.82) is 0 Å². The third-order valence-corrected chi connectivity index (χ3v) is 1.42. The van der Waals surface area contributed by atoms with Gasteiger partial charge in [0, 0.05) is 13.1 Å². The summed E-state index contributed by atoms with van der Waals surface area (Å²) in [6.45, 7) is 2.82. The molecular formula is C5H12N2O2. The van der Waals surface area contributed by atoms with Gasteiger partial charge in [-0.2, -0.15) is 0 Å². The molecule has 1 atom stereocenters. The fourth-order valence-electron chi connectivity index (χ4n) is 0.842. The van der Waals surface area contributed by atoms with Gasteiger partial charge in [-0.25, -0.2) is 0 Å². The van der Waals surface area contributed by atoms with Crippen LogP contribution in [0, 0.1) is 0 Å². The minimum absolute atomic E-state index is 0.675. The van der Waals surface area contributed by atoms with Crippen molar-refractivity contribution >= 4 is 0 Å². The molecule has 1 fully saturated rings. The zero-order valence-corrected chi connectivity index (χ0v) is 5.29. The first-order valence-corrected chi connectivity index (χ1v) is 3.06. The molecule has 1 rings (SSSR count). The van der Waals surface area contributed by atoms with Gasteiger partial charge in [-0.3, -0.25) is 10.6 Å². The van der Waals surface area contributed by atoms with Crippen LogP contribution in [-0.4, -0.2) is 42.7 Å². The van der Waals surface area contributed by atoms with E-state index in [4.69, 9.17) is 15.6 Å². The van der Waals surface area contributed by atoms with Crippen LogP contribution in [0.2, 0.25) is 0 Å². The van der Waals surface area contributed by atoms with Gasteiger partial charge < -0.3 is 9.84 Å². The zero-order chi connectivity index (χ0) is 6.69. The Hall–Kier alpha value is -0.160. The number of morpholine rings is 1. The van der Waals surface area contributed by atoms with Crippen molar-refractivity contribution in [3.8, 4) is 0 Å². The molecule has 4 nitrogen and oxygen atoms in total. The molecule has 0 radical (unpaired) electrons. The molecule has 1 heterocycles. The van der Waals surface area contributed by atoms with Crippen LogP contribution in [0.3, 0.4) is 0 Å². The summed E-state index contributed by atoms with van der Waals surface area (Å²) in [5.41, 5.74) is 5.19. The highest BCUT2D eigenvalue weighted by Gasteiger charge is 2.13. The van der Waals surface area contributed by atoms with Crippen LogP contribution in [0.4, 0.5) is 0 Å². The molecule has 3 N–H and O–H groups in total. The van der Waals surface area contributed by atoms with E-state index in [1.165, 1.54) is 0 Å². The molecule has 0 aromatic heterocycles. The van der Waals surface area contributed by atoms with E-state index in [1.807, 2.05) is 0 Å². The Bertz CT molecular complexity index is 81.0. The van der Waals surface area contributed by atoms with Gasteiger partial charge in [0.25, 0.3) is 0 Å². The molecule has 0 saturated carbocycles. The molecule has 1 aliphatic heterocycles. The number of aliphatic hydroxyl groups excluding tert-OH is 1. The number of nitrogens with two attached hydrogens (primary N) is 1. The van der Waals surface area contributed by atoms with E-state index >= 15 is 0 Å². The second kappa shape index (κ2) is 3.12. The van der Waals surface area contributed by atoms with Crippen LogP contribution < -0.4 is 5.73 Å². The highest BCUT2D eigenvalue weighted by Crippen LogP contribution is 1.96. The van der Waals surface area contributed by atoms with Crippen molar-refractivity contribution in [2.24, 2.45) is 5.73 Å². The molecule has 0 aromatic rings. The van der Waals surface area contributed by atoms with E-state index < -0.39 is 6.35 Å². The summed E-state index contributed by atoms with van der Waals surface area (Å²) < 4.78 is 5.04. The lowest BCUT2D eigenvalue weighted by Gasteiger charge is -2.28. The van der Waals surface area contributed by atoms with Gasteiger partial charge in [-0.1, -0.05) is 0 Å². The molecule has 9 heavy (non-hydrogen) atoms. The Kier molecular flexibility index (Phi) is 2.41. The zero-order valence-electron chi connectivity index (χ0n) is 5.29. The fraction of sp³-hybridized carbons (Fsp3) is 1.00. The lowest BCUT2D eigenvalue weighted by molar-refractivity contribution is -0.0549. The monoisotopic (exact) mass is 132 g/mol. The van der Waals surface area contributed by atoms with Gasteiger partial charge in [-0.15, -0.1) is 0 Å². The van der Waals surface area contributed by atoms with Crippen molar-refractivity contribution in [1.82, 2.24) is 4.90 Å². The SMILES string of the molecule is NC(O)N1CCOCC1. The second-order valence-corrected chi connectivity index (χ2v) is 2.06. The van der Waals surface area contributed by atoms with Gasteiger partial charge in [0.2, 0.25) is 0 Å². The maximum atomic E-state index is 8.83. The van der Waals surface area contributed by atoms with Crippen molar-refractivity contribution in [2.75, 3.05) is 26.3 Å². The highest BCUT2D eigenvalue weighted by molar-refractivity contribution is 4.60. The van der Waals surface area contributed by atoms with Crippen molar-refractivity contribution in [2.45, 2.75) is 6.35 Å². The minimum atomic E-state index is -0.811. The number of rotatable bonds is 1. The predicted octanol–water partition coefficient (Wildman–Crippen LogP) is -1.45. The van der Waals surface area contributed by atoms with Gasteiger partial charge in [0.15, 0.2) is 6.35 Å². The Morgan fingerprint density at radius 2 is 2.00 bits per heavy atom. The third kappa shape index (κ3) is 1.91. The number of hydrogen-bond donors (Lipinski definition) is 2. The normalized spacial score (nSPS) is 26.0. The molecule has 54 valence electrons. The van der Waals surface area contributed by atoms with E-state index in [-0.39, 0.29) is 0 Å². The first-order chi connectivity index (χ1) is 4.30. The third-order valence-electron chi connectivity index (χ3n) is 1.42. The van der Waals surface area contributed by atoms with E-state index in [0.29, 0.717) is 13.2 Å². The summed E-state index contributed by atoms with van der Waals surface area (Å²) >= 11 is 0. The maximum absolute atomic E-state index is 8.83. The quantitative estimate of drug-likeness (QED) is 0.429. The number of aliphatic hydroxyl groups is 1. The second-order valence-electron chi connectivity index (χ2n) is 2.06. The molecule has 0 aromatic carbocycles. The Morgan fingerprint density at radius 3 is 2.33 bits per heavy atom. The van der Waals surface area contributed by atoms with Crippen molar-refractivity contribution in [3.05, 3.63) is 0 Å². The average Bonchev–Trinajstić information content (AvgIpc) is 1.90. The van der Waals surface area contributed by atoms with Gasteiger partial charge in [0.05, 0.1) is 13.2 Å². The summed E-state index contributed by atoms with van der Waals surface area (Å²) in [7, 11) is 0. The molecule has 0 bridgehead atoms. The van der Waals surface area contributed by atoms with Crippen LogP contribution in [0.15, 0.2) is 0 Å². The molecule has 0 aliphatic carbocycles.